The third kappa shape index (κ3) is 3.40. The molecule has 4 aromatic rings. The maximum atomic E-state index is 14.3. The Hall–Kier alpha value is -4.91. The third-order valence-corrected chi connectivity index (χ3v) is 8.43. The van der Waals surface area contributed by atoms with Crippen molar-refractivity contribution in [2.24, 2.45) is 16.9 Å². The van der Waals surface area contributed by atoms with Gasteiger partial charge in [-0.15, -0.1) is 0 Å². The first-order valence-corrected chi connectivity index (χ1v) is 13.2. The predicted molar refractivity (Wildman–Crippen MR) is 148 cm³/mol. The van der Waals surface area contributed by atoms with Gasteiger partial charge >= 0.3 is 0 Å². The van der Waals surface area contributed by atoms with E-state index in [0.717, 1.165) is 27.8 Å². The molecule has 2 bridgehead atoms. The first-order chi connectivity index (χ1) is 19.5. The van der Waals surface area contributed by atoms with Gasteiger partial charge in [-0.3, -0.25) is 14.4 Å². The standard InChI is InChI=1S/C33H24FN3O3/c34-21-14-16-22(17-15-21)37-31(39)29-28-23-10-4-6-12-25(23)33(30(29)32(37)40,26-13-7-5-11-24(26)28)19-35-36-27(38)18-20-8-2-1-3-9-20/h1-17,19,28-30H,18H2,(H,36,38)/b35-19-/t28?,29-,30-,33?/m0/s1. The summed E-state index contributed by atoms with van der Waals surface area (Å²) in [5, 5.41) is 4.43. The molecule has 4 aromatic carbocycles. The zero-order chi connectivity index (χ0) is 27.4. The molecule has 8 rings (SSSR count). The van der Waals surface area contributed by atoms with Crippen LogP contribution in [0, 0.1) is 17.7 Å². The van der Waals surface area contributed by atoms with Crippen LogP contribution in [0.5, 0.6) is 0 Å². The Labute approximate surface area is 230 Å². The molecule has 0 aromatic heterocycles. The molecule has 4 aliphatic rings. The maximum absolute atomic E-state index is 14.3. The molecule has 1 heterocycles. The SMILES string of the molecule is O=C(Cc1ccccc1)N/N=C\C12c3ccccc3C(c3ccccc31)[C@@H]1C(=O)N(c3ccc(F)cc3)C(=O)[C@H]12. The molecule has 1 saturated heterocycles. The van der Waals surface area contributed by atoms with Gasteiger partial charge in [0.05, 0.1) is 29.4 Å². The van der Waals surface area contributed by atoms with Crippen molar-refractivity contribution >= 4 is 29.6 Å². The Morgan fingerprint density at radius 2 is 1.43 bits per heavy atom. The van der Waals surface area contributed by atoms with E-state index < -0.39 is 23.1 Å². The van der Waals surface area contributed by atoms with E-state index in [9.17, 15) is 18.8 Å². The van der Waals surface area contributed by atoms with Crippen molar-refractivity contribution in [1.29, 1.82) is 0 Å². The number of benzene rings is 4. The Bertz CT molecular complexity index is 1650. The molecule has 3 aliphatic carbocycles. The van der Waals surface area contributed by atoms with Gasteiger partial charge in [0.1, 0.15) is 5.82 Å². The van der Waals surface area contributed by atoms with Crippen molar-refractivity contribution in [3.05, 3.63) is 137 Å². The molecular formula is C33H24FN3O3. The summed E-state index contributed by atoms with van der Waals surface area (Å²) in [6.45, 7) is 0. The lowest BCUT2D eigenvalue weighted by Crippen LogP contribution is -2.54. The molecule has 0 saturated carbocycles. The summed E-state index contributed by atoms with van der Waals surface area (Å²) < 4.78 is 13.7. The van der Waals surface area contributed by atoms with Gasteiger partial charge in [-0.1, -0.05) is 78.9 Å². The molecule has 2 atom stereocenters. The lowest BCUT2D eigenvalue weighted by molar-refractivity contribution is -0.123. The van der Waals surface area contributed by atoms with Crippen molar-refractivity contribution in [1.82, 2.24) is 5.43 Å². The maximum Gasteiger partial charge on any atom is 0.244 e. The number of anilines is 1. The summed E-state index contributed by atoms with van der Waals surface area (Å²) in [5.74, 6) is -3.19. The number of halogens is 1. The Morgan fingerprint density at radius 1 is 0.825 bits per heavy atom. The average molecular weight is 530 g/mol. The van der Waals surface area contributed by atoms with Gasteiger partial charge in [0.15, 0.2) is 0 Å². The molecule has 7 heteroatoms. The number of amides is 3. The highest BCUT2D eigenvalue weighted by Gasteiger charge is 2.68. The van der Waals surface area contributed by atoms with Gasteiger partial charge in [0.25, 0.3) is 0 Å². The summed E-state index contributed by atoms with van der Waals surface area (Å²) in [6, 6.07) is 30.4. The quantitative estimate of drug-likeness (QED) is 0.231. The third-order valence-electron chi connectivity index (χ3n) is 8.43. The highest BCUT2D eigenvalue weighted by atomic mass is 19.1. The van der Waals surface area contributed by atoms with Crippen LogP contribution >= 0.6 is 0 Å². The molecule has 6 nitrogen and oxygen atoms in total. The second kappa shape index (κ2) is 9.09. The van der Waals surface area contributed by atoms with E-state index in [4.69, 9.17) is 0 Å². The fourth-order valence-electron chi connectivity index (χ4n) is 6.92. The molecule has 3 amide bonds. The number of hydrogen-bond donors (Lipinski definition) is 1. The van der Waals surface area contributed by atoms with Crippen molar-refractivity contribution < 1.29 is 18.8 Å². The summed E-state index contributed by atoms with van der Waals surface area (Å²) >= 11 is 0. The minimum atomic E-state index is -1.09. The summed E-state index contributed by atoms with van der Waals surface area (Å²) in [7, 11) is 0. The largest absolute Gasteiger partial charge is 0.274 e. The zero-order valence-electron chi connectivity index (χ0n) is 21.3. The number of hydrogen-bond acceptors (Lipinski definition) is 4. The van der Waals surface area contributed by atoms with Crippen molar-refractivity contribution in [3.63, 3.8) is 0 Å². The van der Waals surface area contributed by atoms with Crippen molar-refractivity contribution in [2.75, 3.05) is 4.90 Å². The smallest absolute Gasteiger partial charge is 0.244 e. The van der Waals surface area contributed by atoms with Crippen LogP contribution in [-0.2, 0) is 26.2 Å². The number of rotatable bonds is 5. The minimum Gasteiger partial charge on any atom is -0.274 e. The van der Waals surface area contributed by atoms with Crippen molar-refractivity contribution in [3.8, 4) is 0 Å². The number of imide groups is 1. The monoisotopic (exact) mass is 529 g/mol. The van der Waals surface area contributed by atoms with Crippen LogP contribution in [0.4, 0.5) is 10.1 Å². The first-order valence-electron chi connectivity index (χ1n) is 13.2. The first kappa shape index (κ1) is 24.2. The van der Waals surface area contributed by atoms with E-state index in [1.807, 2.05) is 78.9 Å². The second-order valence-corrected chi connectivity index (χ2v) is 10.5. The van der Waals surface area contributed by atoms with E-state index in [1.54, 1.807) is 6.21 Å². The number of carbonyl (C=O) groups excluding carboxylic acids is 3. The summed E-state index contributed by atoms with van der Waals surface area (Å²) in [4.78, 5) is 42.3. The van der Waals surface area contributed by atoms with E-state index in [-0.39, 0.29) is 30.1 Å². The molecule has 196 valence electrons. The van der Waals surface area contributed by atoms with Gasteiger partial charge in [0.2, 0.25) is 17.7 Å². The Morgan fingerprint density at radius 3 is 2.08 bits per heavy atom. The number of carbonyl (C=O) groups is 3. The normalized spacial score (nSPS) is 24.1. The molecule has 1 N–H and O–H groups in total. The predicted octanol–water partition coefficient (Wildman–Crippen LogP) is 4.72. The van der Waals surface area contributed by atoms with Gasteiger partial charge in [-0.2, -0.15) is 5.10 Å². The van der Waals surface area contributed by atoms with Crippen molar-refractivity contribution in [2.45, 2.75) is 17.8 Å². The van der Waals surface area contributed by atoms with Gasteiger partial charge in [0, 0.05) is 12.1 Å². The molecule has 0 unspecified atom stereocenters. The van der Waals surface area contributed by atoms with Crippen LogP contribution in [0.3, 0.4) is 0 Å². The topological polar surface area (TPSA) is 78.8 Å². The van der Waals surface area contributed by atoms with Gasteiger partial charge in [-0.25, -0.2) is 14.7 Å². The Balaban J connectivity index is 1.36. The lowest BCUT2D eigenvalue weighted by atomic mass is 9.47. The summed E-state index contributed by atoms with van der Waals surface area (Å²) in [6.07, 6.45) is 1.79. The van der Waals surface area contributed by atoms with Gasteiger partial charge < -0.3 is 0 Å². The van der Waals surface area contributed by atoms with Crippen LogP contribution in [0.2, 0.25) is 0 Å². The van der Waals surface area contributed by atoms with Crippen LogP contribution < -0.4 is 10.3 Å². The highest BCUT2D eigenvalue weighted by Crippen LogP contribution is 2.63. The van der Waals surface area contributed by atoms with E-state index in [0.29, 0.717) is 5.69 Å². The van der Waals surface area contributed by atoms with Crippen LogP contribution in [0.1, 0.15) is 33.7 Å². The van der Waals surface area contributed by atoms with Crippen LogP contribution in [-0.4, -0.2) is 23.9 Å². The van der Waals surface area contributed by atoms with E-state index in [2.05, 4.69) is 10.5 Å². The van der Waals surface area contributed by atoms with Crippen LogP contribution in [0.15, 0.2) is 108 Å². The van der Waals surface area contributed by atoms with Gasteiger partial charge in [-0.05, 0) is 52.1 Å². The summed E-state index contributed by atoms with van der Waals surface area (Å²) in [5.41, 5.74) is 6.46. The molecule has 40 heavy (non-hydrogen) atoms. The molecule has 1 aliphatic heterocycles. The highest BCUT2D eigenvalue weighted by molar-refractivity contribution is 6.25. The fourth-order valence-corrected chi connectivity index (χ4v) is 6.92. The average Bonchev–Trinajstić information content (AvgIpc) is 3.25. The molecule has 0 spiro atoms. The van der Waals surface area contributed by atoms with E-state index >= 15 is 0 Å². The van der Waals surface area contributed by atoms with Crippen LogP contribution in [0.25, 0.3) is 0 Å². The number of nitrogens with zero attached hydrogens (tertiary/aromatic N) is 2. The minimum absolute atomic E-state index is 0.155. The van der Waals surface area contributed by atoms with E-state index in [1.165, 1.54) is 29.2 Å². The molecule has 1 fully saturated rings. The second-order valence-electron chi connectivity index (χ2n) is 10.5. The lowest BCUT2D eigenvalue weighted by Gasteiger charge is -2.52. The molecule has 0 radical (unpaired) electrons. The molecular weight excluding hydrogens is 505 g/mol. The zero-order valence-corrected chi connectivity index (χ0v) is 21.3. The number of hydrazone groups is 1. The fraction of sp³-hybridized carbons (Fsp3) is 0.152. The Kier molecular flexibility index (Phi) is 5.49. The number of nitrogens with one attached hydrogen (secondary N) is 1.